The highest BCUT2D eigenvalue weighted by Crippen LogP contribution is 2.24. The molecule has 106 valence electrons. The van der Waals surface area contributed by atoms with Gasteiger partial charge in [0, 0.05) is 0 Å². The van der Waals surface area contributed by atoms with Crippen molar-refractivity contribution in [1.82, 2.24) is 0 Å². The highest BCUT2D eigenvalue weighted by molar-refractivity contribution is 5.67. The maximum atomic E-state index is 10.2. The smallest absolute Gasteiger partial charge is 0.0726 e. The Bertz CT molecular complexity index is 365. The molecule has 0 aliphatic carbocycles. The largest absolute Gasteiger partial charge is 0.389 e. The molecule has 0 amide bonds. The van der Waals surface area contributed by atoms with E-state index in [1.807, 2.05) is 12.1 Å². The summed E-state index contributed by atoms with van der Waals surface area (Å²) in [4.78, 5) is 0. The molecule has 0 bridgehead atoms. The Morgan fingerprint density at radius 3 is 2.37 bits per heavy atom. The lowest BCUT2D eigenvalue weighted by Crippen LogP contribution is -2.05. The van der Waals surface area contributed by atoms with E-state index in [9.17, 15) is 5.11 Å². The third-order valence-electron chi connectivity index (χ3n) is 3.45. The minimum Gasteiger partial charge on any atom is -0.389 e. The van der Waals surface area contributed by atoms with Crippen LogP contribution in [0.2, 0.25) is 0 Å². The van der Waals surface area contributed by atoms with Crippen molar-refractivity contribution in [3.63, 3.8) is 0 Å². The quantitative estimate of drug-likeness (QED) is 0.648. The number of rotatable bonds is 8. The normalized spacial score (nSPS) is 13.8. The van der Waals surface area contributed by atoms with Crippen molar-refractivity contribution in [3.8, 4) is 0 Å². The van der Waals surface area contributed by atoms with E-state index in [4.69, 9.17) is 0 Å². The van der Waals surface area contributed by atoms with E-state index in [2.05, 4.69) is 45.0 Å². The van der Waals surface area contributed by atoms with Gasteiger partial charge >= 0.3 is 0 Å². The average Bonchev–Trinajstić information content (AvgIpc) is 2.41. The molecule has 1 nitrogen and oxygen atoms in total. The van der Waals surface area contributed by atoms with Gasteiger partial charge in [0.15, 0.2) is 0 Å². The van der Waals surface area contributed by atoms with Crippen molar-refractivity contribution in [2.24, 2.45) is 5.92 Å². The maximum Gasteiger partial charge on any atom is 0.0726 e. The van der Waals surface area contributed by atoms with Gasteiger partial charge in [0.25, 0.3) is 0 Å². The second-order valence-corrected chi connectivity index (χ2v) is 5.56. The summed E-state index contributed by atoms with van der Waals surface area (Å²) in [5, 5.41) is 10.2. The van der Waals surface area contributed by atoms with Crippen molar-refractivity contribution < 1.29 is 5.11 Å². The first kappa shape index (κ1) is 16.0. The summed E-state index contributed by atoms with van der Waals surface area (Å²) >= 11 is 0. The van der Waals surface area contributed by atoms with E-state index in [-0.39, 0.29) is 6.10 Å². The molecule has 1 N–H and O–H groups in total. The van der Waals surface area contributed by atoms with Crippen molar-refractivity contribution in [2.75, 3.05) is 0 Å². The third kappa shape index (κ3) is 6.07. The van der Waals surface area contributed by atoms with Gasteiger partial charge in [-0.1, -0.05) is 82.9 Å². The molecule has 0 unspecified atom stereocenters. The number of aliphatic hydroxyl groups is 1. The van der Waals surface area contributed by atoms with Crippen LogP contribution in [0.5, 0.6) is 0 Å². The molecule has 1 rings (SSSR count). The van der Waals surface area contributed by atoms with Crippen LogP contribution in [0.25, 0.3) is 5.57 Å². The summed E-state index contributed by atoms with van der Waals surface area (Å²) in [5.41, 5.74) is 2.48. The zero-order chi connectivity index (χ0) is 14.1. The first-order valence-corrected chi connectivity index (χ1v) is 7.60. The van der Waals surface area contributed by atoms with Crippen LogP contribution in [0.15, 0.2) is 36.4 Å². The zero-order valence-corrected chi connectivity index (χ0v) is 12.6. The van der Waals surface area contributed by atoms with Crippen LogP contribution < -0.4 is 0 Å². The summed E-state index contributed by atoms with van der Waals surface area (Å²) in [6.07, 6.45) is 7.47. The molecule has 1 aromatic rings. The molecular formula is C18H28O. The Balaban J connectivity index is 2.63. The SMILES string of the molecule is CCCCCC[C@H](O)/C=C(/c1ccccc1)C(C)C. The van der Waals surface area contributed by atoms with Gasteiger partial charge in [-0.05, 0) is 23.5 Å². The molecular weight excluding hydrogens is 232 g/mol. The van der Waals surface area contributed by atoms with E-state index < -0.39 is 0 Å². The summed E-state index contributed by atoms with van der Waals surface area (Å²) in [6.45, 7) is 6.58. The number of allylic oxidation sites excluding steroid dienone is 1. The lowest BCUT2D eigenvalue weighted by Gasteiger charge is -2.15. The molecule has 1 atom stereocenters. The Hall–Kier alpha value is -1.08. The predicted molar refractivity (Wildman–Crippen MR) is 84.0 cm³/mol. The topological polar surface area (TPSA) is 20.2 Å². The number of hydrogen-bond donors (Lipinski definition) is 1. The highest BCUT2D eigenvalue weighted by Gasteiger charge is 2.09. The summed E-state index contributed by atoms with van der Waals surface area (Å²) in [5.74, 6) is 0.438. The first-order valence-electron chi connectivity index (χ1n) is 7.60. The van der Waals surface area contributed by atoms with E-state index in [1.165, 1.54) is 30.4 Å². The van der Waals surface area contributed by atoms with E-state index >= 15 is 0 Å². The molecule has 19 heavy (non-hydrogen) atoms. The van der Waals surface area contributed by atoms with Crippen LogP contribution >= 0.6 is 0 Å². The lowest BCUT2D eigenvalue weighted by atomic mass is 9.93. The minimum atomic E-state index is -0.311. The molecule has 0 aromatic heterocycles. The van der Waals surface area contributed by atoms with Gasteiger partial charge < -0.3 is 5.11 Å². The van der Waals surface area contributed by atoms with Crippen LogP contribution in [0.4, 0.5) is 0 Å². The molecule has 0 saturated heterocycles. The van der Waals surface area contributed by atoms with Crippen LogP contribution in [-0.4, -0.2) is 11.2 Å². The minimum absolute atomic E-state index is 0.311. The van der Waals surface area contributed by atoms with E-state index in [0.29, 0.717) is 5.92 Å². The van der Waals surface area contributed by atoms with Gasteiger partial charge in [-0.25, -0.2) is 0 Å². The average molecular weight is 260 g/mol. The Kier molecular flexibility index (Phi) is 7.50. The zero-order valence-electron chi connectivity index (χ0n) is 12.6. The van der Waals surface area contributed by atoms with E-state index in [1.54, 1.807) is 0 Å². The Morgan fingerprint density at radius 2 is 1.79 bits per heavy atom. The van der Waals surface area contributed by atoms with Crippen molar-refractivity contribution in [2.45, 2.75) is 59.0 Å². The predicted octanol–water partition coefficient (Wildman–Crippen LogP) is 5.06. The fourth-order valence-corrected chi connectivity index (χ4v) is 2.32. The molecule has 0 aliphatic heterocycles. The standard InChI is InChI=1S/C18H28O/c1-4-5-6-10-13-17(19)14-18(15(2)3)16-11-8-7-9-12-16/h7-9,11-12,14-15,17,19H,4-6,10,13H2,1-3H3/b18-14+/t17-/m0/s1. The Labute approximate surface area is 118 Å². The van der Waals surface area contributed by atoms with Gasteiger partial charge in [0.2, 0.25) is 0 Å². The van der Waals surface area contributed by atoms with Gasteiger partial charge in [-0.2, -0.15) is 0 Å². The molecule has 0 saturated carbocycles. The molecule has 1 heteroatoms. The van der Waals surface area contributed by atoms with Crippen molar-refractivity contribution in [1.29, 1.82) is 0 Å². The third-order valence-corrected chi connectivity index (χ3v) is 3.45. The van der Waals surface area contributed by atoms with Crippen molar-refractivity contribution in [3.05, 3.63) is 42.0 Å². The summed E-state index contributed by atoms with van der Waals surface area (Å²) in [7, 11) is 0. The molecule has 0 aliphatic rings. The van der Waals surface area contributed by atoms with Crippen LogP contribution in [0, 0.1) is 5.92 Å². The van der Waals surface area contributed by atoms with E-state index in [0.717, 1.165) is 12.8 Å². The number of hydrogen-bond acceptors (Lipinski definition) is 1. The number of benzene rings is 1. The van der Waals surface area contributed by atoms with Gasteiger partial charge in [-0.15, -0.1) is 0 Å². The first-order chi connectivity index (χ1) is 9.15. The highest BCUT2D eigenvalue weighted by atomic mass is 16.3. The molecule has 1 aromatic carbocycles. The van der Waals surface area contributed by atoms with Gasteiger partial charge in [-0.3, -0.25) is 0 Å². The van der Waals surface area contributed by atoms with Crippen LogP contribution in [0.3, 0.4) is 0 Å². The van der Waals surface area contributed by atoms with Gasteiger partial charge in [0.05, 0.1) is 6.10 Å². The lowest BCUT2D eigenvalue weighted by molar-refractivity contribution is 0.208. The second-order valence-electron chi connectivity index (χ2n) is 5.56. The monoisotopic (exact) mass is 260 g/mol. The fraction of sp³-hybridized carbons (Fsp3) is 0.556. The summed E-state index contributed by atoms with van der Waals surface area (Å²) < 4.78 is 0. The van der Waals surface area contributed by atoms with Crippen molar-refractivity contribution >= 4 is 5.57 Å². The second kappa shape index (κ2) is 8.92. The summed E-state index contributed by atoms with van der Waals surface area (Å²) in [6, 6.07) is 10.4. The van der Waals surface area contributed by atoms with Gasteiger partial charge in [0.1, 0.15) is 0 Å². The van der Waals surface area contributed by atoms with Crippen LogP contribution in [0.1, 0.15) is 58.4 Å². The fourth-order valence-electron chi connectivity index (χ4n) is 2.32. The molecule has 0 fully saturated rings. The Morgan fingerprint density at radius 1 is 1.11 bits per heavy atom. The molecule has 0 heterocycles. The number of aliphatic hydroxyl groups excluding tert-OH is 1. The number of unbranched alkanes of at least 4 members (excludes halogenated alkanes) is 3. The maximum absolute atomic E-state index is 10.2. The molecule has 0 spiro atoms. The molecule has 0 radical (unpaired) electrons. The van der Waals surface area contributed by atoms with Crippen LogP contribution in [-0.2, 0) is 0 Å².